The molecule has 8 heteroatoms. The van der Waals surface area contributed by atoms with Crippen LogP contribution in [-0.2, 0) is 22.5 Å². The lowest BCUT2D eigenvalue weighted by atomic mass is 10.1. The lowest BCUT2D eigenvalue weighted by Gasteiger charge is -2.36. The molecule has 0 spiro atoms. The highest BCUT2D eigenvalue weighted by Gasteiger charge is 2.53. The Hall–Kier alpha value is -2.90. The topological polar surface area (TPSA) is 83.9 Å². The number of hydrogen-bond donors (Lipinski definition) is 1. The molecule has 1 aliphatic rings. The van der Waals surface area contributed by atoms with Crippen molar-refractivity contribution >= 4 is 29.7 Å². The second-order valence-corrected chi connectivity index (χ2v) is 9.85. The number of rotatable bonds is 5. The van der Waals surface area contributed by atoms with Gasteiger partial charge in [-0.15, -0.1) is 0 Å². The summed E-state index contributed by atoms with van der Waals surface area (Å²) >= 11 is 5.91. The summed E-state index contributed by atoms with van der Waals surface area (Å²) in [7, 11) is 0. The fraction of sp³-hybridized carbons (Fsp3) is 0.400. The molecule has 1 aliphatic heterocycles. The van der Waals surface area contributed by atoms with Crippen LogP contribution in [0.15, 0.2) is 48.5 Å². The number of benzene rings is 2. The summed E-state index contributed by atoms with van der Waals surface area (Å²) in [5, 5.41) is 10.3. The summed E-state index contributed by atoms with van der Waals surface area (Å²) in [4.78, 5) is 39.4. The van der Waals surface area contributed by atoms with E-state index in [9.17, 15) is 19.5 Å². The van der Waals surface area contributed by atoms with Crippen LogP contribution in [0.4, 0.5) is 9.59 Å². The fourth-order valence-corrected chi connectivity index (χ4v) is 4.30. The number of fused-ring (bicyclic) bond motifs is 1. The predicted molar refractivity (Wildman–Crippen MR) is 125 cm³/mol. The summed E-state index contributed by atoms with van der Waals surface area (Å²) in [6.07, 6.45) is -1.54. The van der Waals surface area contributed by atoms with Crippen LogP contribution in [-0.4, -0.2) is 51.3 Å². The van der Waals surface area contributed by atoms with Crippen LogP contribution in [0.25, 0.3) is 0 Å². The lowest BCUT2D eigenvalue weighted by Crippen LogP contribution is -2.57. The van der Waals surface area contributed by atoms with Gasteiger partial charge in [0.15, 0.2) is 6.54 Å². The normalized spacial score (nSPS) is 19.6. The maximum absolute atomic E-state index is 13.4. The molecule has 0 fully saturated rings. The standard InChI is InChI=1S/C25H29ClN2O5/c1-17-21-8-6-5-7-19(21)15-28(17,24(32)33-25(2,3)4)16-22(29)27(23(30)31)14-13-18-9-11-20(26)12-10-18/h5-12,17H,13-16H2,1-4H3/p+1. The Kier molecular flexibility index (Phi) is 7.14. The number of carbonyl (C=O) groups is 3. The van der Waals surface area contributed by atoms with Crippen molar-refractivity contribution in [3.63, 3.8) is 0 Å². The van der Waals surface area contributed by atoms with E-state index in [4.69, 9.17) is 16.3 Å². The largest absolute Gasteiger partial charge is 0.517 e. The third kappa shape index (κ3) is 5.54. The summed E-state index contributed by atoms with van der Waals surface area (Å²) in [6.45, 7) is 7.12. The zero-order valence-electron chi connectivity index (χ0n) is 19.4. The molecule has 2 unspecified atom stereocenters. The van der Waals surface area contributed by atoms with Gasteiger partial charge in [-0.3, -0.25) is 4.79 Å². The quantitative estimate of drug-likeness (QED) is 0.586. The third-order valence-corrected chi connectivity index (χ3v) is 6.19. The summed E-state index contributed by atoms with van der Waals surface area (Å²) in [5.41, 5.74) is 2.02. The lowest BCUT2D eigenvalue weighted by molar-refractivity contribution is -0.886. The second kappa shape index (κ2) is 9.53. The van der Waals surface area contributed by atoms with Crippen molar-refractivity contribution in [1.29, 1.82) is 0 Å². The van der Waals surface area contributed by atoms with Crippen molar-refractivity contribution in [2.24, 2.45) is 0 Å². The van der Waals surface area contributed by atoms with Crippen molar-refractivity contribution in [2.45, 2.75) is 52.3 Å². The summed E-state index contributed by atoms with van der Waals surface area (Å²) in [5.74, 6) is -0.637. The van der Waals surface area contributed by atoms with Crippen LogP contribution in [0.2, 0.25) is 5.02 Å². The molecule has 2 aromatic carbocycles. The molecule has 176 valence electrons. The van der Waals surface area contributed by atoms with E-state index in [1.54, 1.807) is 45.0 Å². The number of hydrogen-bond acceptors (Lipinski definition) is 4. The summed E-state index contributed by atoms with van der Waals surface area (Å²) in [6, 6.07) is 14.3. The molecule has 3 rings (SSSR count). The number of halogens is 1. The zero-order chi connectivity index (χ0) is 24.4. The van der Waals surface area contributed by atoms with Gasteiger partial charge < -0.3 is 9.84 Å². The first kappa shape index (κ1) is 24.7. The van der Waals surface area contributed by atoms with Crippen molar-refractivity contribution in [3.8, 4) is 0 Å². The average molecular weight is 474 g/mol. The third-order valence-electron chi connectivity index (χ3n) is 5.94. The second-order valence-electron chi connectivity index (χ2n) is 9.41. The molecule has 2 atom stereocenters. The van der Waals surface area contributed by atoms with Gasteiger partial charge in [-0.25, -0.2) is 14.2 Å². The van der Waals surface area contributed by atoms with Gasteiger partial charge in [0.25, 0.3) is 5.91 Å². The van der Waals surface area contributed by atoms with Gasteiger partial charge in [-0.05, 0) is 51.8 Å². The molecule has 33 heavy (non-hydrogen) atoms. The minimum absolute atomic E-state index is 0.0224. The first-order valence-electron chi connectivity index (χ1n) is 10.9. The zero-order valence-corrected chi connectivity index (χ0v) is 20.1. The molecule has 0 saturated heterocycles. The first-order valence-corrected chi connectivity index (χ1v) is 11.3. The number of imide groups is 1. The smallest absolute Gasteiger partial charge is 0.465 e. The van der Waals surface area contributed by atoms with Crippen LogP contribution in [0, 0.1) is 0 Å². The number of amides is 3. The van der Waals surface area contributed by atoms with Crippen molar-refractivity contribution in [3.05, 3.63) is 70.2 Å². The SMILES string of the molecule is CC1c2ccccc2C[N+]1(CC(=O)N(CCc1ccc(Cl)cc1)C(=O)O)C(=O)OC(C)(C)C. The van der Waals surface area contributed by atoms with Crippen molar-refractivity contribution in [1.82, 2.24) is 4.90 Å². The molecular weight excluding hydrogens is 444 g/mol. The van der Waals surface area contributed by atoms with E-state index in [0.29, 0.717) is 11.4 Å². The van der Waals surface area contributed by atoms with Crippen LogP contribution in [0.1, 0.15) is 50.4 Å². The number of ether oxygens (including phenoxy) is 1. The average Bonchev–Trinajstić information content (AvgIpc) is 3.01. The molecule has 7 nitrogen and oxygen atoms in total. The monoisotopic (exact) mass is 473 g/mol. The van der Waals surface area contributed by atoms with Crippen molar-refractivity contribution < 1.29 is 28.7 Å². The Bertz CT molecular complexity index is 1050. The van der Waals surface area contributed by atoms with Crippen LogP contribution in [0.5, 0.6) is 0 Å². The molecule has 0 aliphatic carbocycles. The molecule has 3 amide bonds. The number of nitrogens with zero attached hydrogens (tertiary/aromatic N) is 2. The van der Waals surface area contributed by atoms with Gasteiger partial charge >= 0.3 is 12.2 Å². The predicted octanol–water partition coefficient (Wildman–Crippen LogP) is 5.42. The van der Waals surface area contributed by atoms with Gasteiger partial charge in [0, 0.05) is 22.7 Å². The van der Waals surface area contributed by atoms with Crippen LogP contribution < -0.4 is 0 Å². The molecule has 0 saturated carbocycles. The van der Waals surface area contributed by atoms with Gasteiger partial charge in [-0.1, -0.05) is 48.0 Å². The highest BCUT2D eigenvalue weighted by molar-refractivity contribution is 6.30. The highest BCUT2D eigenvalue weighted by Crippen LogP contribution is 2.42. The Morgan fingerprint density at radius 1 is 1.12 bits per heavy atom. The minimum Gasteiger partial charge on any atom is -0.465 e. The first-order chi connectivity index (χ1) is 15.4. The fourth-order valence-electron chi connectivity index (χ4n) is 4.17. The molecule has 1 N–H and O–H groups in total. The molecule has 1 heterocycles. The van der Waals surface area contributed by atoms with E-state index in [1.165, 1.54) is 0 Å². The molecule has 0 bridgehead atoms. The van der Waals surface area contributed by atoms with Crippen molar-refractivity contribution in [2.75, 3.05) is 13.1 Å². The van der Waals surface area contributed by atoms with Gasteiger partial charge in [-0.2, -0.15) is 4.79 Å². The number of quaternary nitrogens is 1. The maximum atomic E-state index is 13.4. The van der Waals surface area contributed by atoms with Gasteiger partial charge in [0.05, 0.1) is 0 Å². The molecule has 2 aromatic rings. The molecule has 0 aromatic heterocycles. The Labute approximate surface area is 199 Å². The van der Waals surface area contributed by atoms with E-state index in [0.717, 1.165) is 21.6 Å². The minimum atomic E-state index is -1.35. The van der Waals surface area contributed by atoms with Gasteiger partial charge in [0.1, 0.15) is 18.2 Å². The van der Waals surface area contributed by atoms with E-state index < -0.39 is 23.7 Å². The Balaban J connectivity index is 1.86. The number of carboxylic acid groups (broad SMARTS) is 1. The van der Waals surface area contributed by atoms with E-state index in [1.807, 2.05) is 31.2 Å². The number of carbonyl (C=O) groups excluding carboxylic acids is 2. The maximum Gasteiger partial charge on any atom is 0.517 e. The van der Waals surface area contributed by atoms with Crippen LogP contribution >= 0.6 is 11.6 Å². The van der Waals surface area contributed by atoms with Crippen LogP contribution in [0.3, 0.4) is 0 Å². The Morgan fingerprint density at radius 3 is 2.33 bits per heavy atom. The van der Waals surface area contributed by atoms with E-state index in [2.05, 4.69) is 0 Å². The van der Waals surface area contributed by atoms with Gasteiger partial charge in [0.2, 0.25) is 0 Å². The van der Waals surface area contributed by atoms with E-state index >= 15 is 0 Å². The summed E-state index contributed by atoms with van der Waals surface area (Å²) < 4.78 is 5.41. The van der Waals surface area contributed by atoms with E-state index in [-0.39, 0.29) is 30.2 Å². The molecule has 0 radical (unpaired) electrons. The molecular formula is C25H30ClN2O5+. The Morgan fingerprint density at radius 2 is 1.76 bits per heavy atom. The highest BCUT2D eigenvalue weighted by atomic mass is 35.5.